The lowest BCUT2D eigenvalue weighted by molar-refractivity contribution is 0.101. The fourth-order valence-corrected chi connectivity index (χ4v) is 2.07. The highest BCUT2D eigenvalue weighted by atomic mass is 28.3. The highest BCUT2D eigenvalue weighted by Gasteiger charge is 2.16. The zero-order valence-electron chi connectivity index (χ0n) is 8.09. The molecule has 0 spiro atoms. The standard InChI is InChI=1S/C9H15NOSi/c1-8(11)9-5-6-10(7-9)12(2,3)4/h5-7H,1-4H3. The van der Waals surface area contributed by atoms with Gasteiger partial charge in [0, 0.05) is 11.8 Å². The highest BCUT2D eigenvalue weighted by Crippen LogP contribution is 2.09. The molecule has 12 heavy (non-hydrogen) atoms. The molecular formula is C9H15NOSi. The summed E-state index contributed by atoms with van der Waals surface area (Å²) in [6, 6.07) is 1.89. The van der Waals surface area contributed by atoms with Crippen LogP contribution in [0.5, 0.6) is 0 Å². The third kappa shape index (κ3) is 1.85. The van der Waals surface area contributed by atoms with Crippen LogP contribution in [-0.4, -0.2) is 18.3 Å². The van der Waals surface area contributed by atoms with Crippen LogP contribution in [0.4, 0.5) is 0 Å². The summed E-state index contributed by atoms with van der Waals surface area (Å²) < 4.78 is 2.18. The van der Waals surface area contributed by atoms with Crippen molar-refractivity contribution in [2.75, 3.05) is 0 Å². The quantitative estimate of drug-likeness (QED) is 0.507. The molecule has 1 aromatic rings. The van der Waals surface area contributed by atoms with Gasteiger partial charge in [0.2, 0.25) is 0 Å². The average molecular weight is 181 g/mol. The van der Waals surface area contributed by atoms with Crippen molar-refractivity contribution in [1.29, 1.82) is 0 Å². The highest BCUT2D eigenvalue weighted by molar-refractivity contribution is 6.74. The molecule has 0 aliphatic heterocycles. The van der Waals surface area contributed by atoms with Gasteiger partial charge in [-0.05, 0) is 19.2 Å². The van der Waals surface area contributed by atoms with E-state index in [0.717, 1.165) is 5.56 Å². The van der Waals surface area contributed by atoms with Crippen molar-refractivity contribution in [2.24, 2.45) is 0 Å². The molecule has 1 heterocycles. The zero-order chi connectivity index (χ0) is 9.35. The molecule has 0 aromatic carbocycles. The molecule has 0 aliphatic rings. The number of carbonyl (C=O) groups excluding carboxylic acids is 1. The number of carbonyl (C=O) groups is 1. The van der Waals surface area contributed by atoms with Crippen LogP contribution in [0, 0.1) is 0 Å². The molecule has 66 valence electrons. The third-order valence-corrected chi connectivity index (χ3v) is 3.70. The van der Waals surface area contributed by atoms with Gasteiger partial charge in [0.25, 0.3) is 0 Å². The first-order valence-electron chi connectivity index (χ1n) is 4.10. The molecule has 1 aromatic heterocycles. The van der Waals surface area contributed by atoms with Gasteiger partial charge in [0.1, 0.15) is 0 Å². The van der Waals surface area contributed by atoms with E-state index < -0.39 is 8.24 Å². The van der Waals surface area contributed by atoms with Gasteiger partial charge >= 0.3 is 0 Å². The Morgan fingerprint density at radius 2 is 2.00 bits per heavy atom. The van der Waals surface area contributed by atoms with Crippen molar-refractivity contribution in [1.82, 2.24) is 4.23 Å². The van der Waals surface area contributed by atoms with E-state index in [-0.39, 0.29) is 5.78 Å². The molecule has 0 bridgehead atoms. The number of hydrogen-bond donors (Lipinski definition) is 0. The van der Waals surface area contributed by atoms with E-state index in [9.17, 15) is 4.79 Å². The number of Topliss-reactive ketones (excluding diaryl/α,β-unsaturated/α-hetero) is 1. The number of nitrogens with zero attached hydrogens (tertiary/aromatic N) is 1. The van der Waals surface area contributed by atoms with Crippen LogP contribution in [0.25, 0.3) is 0 Å². The summed E-state index contributed by atoms with van der Waals surface area (Å²) in [6.07, 6.45) is 3.96. The van der Waals surface area contributed by atoms with Gasteiger partial charge in [0.05, 0.1) is 0 Å². The minimum Gasteiger partial charge on any atom is -0.380 e. The Kier molecular flexibility index (Phi) is 2.24. The largest absolute Gasteiger partial charge is 0.380 e. The van der Waals surface area contributed by atoms with Crippen molar-refractivity contribution >= 4 is 14.0 Å². The first-order valence-corrected chi connectivity index (χ1v) is 7.55. The average Bonchev–Trinajstić information content (AvgIpc) is 2.30. The van der Waals surface area contributed by atoms with Crippen LogP contribution < -0.4 is 0 Å². The zero-order valence-corrected chi connectivity index (χ0v) is 9.09. The summed E-state index contributed by atoms with van der Waals surface area (Å²) in [7, 11) is -1.29. The molecule has 0 unspecified atom stereocenters. The summed E-state index contributed by atoms with van der Waals surface area (Å²) in [5, 5.41) is 0. The minimum atomic E-state index is -1.29. The van der Waals surface area contributed by atoms with Crippen LogP contribution in [-0.2, 0) is 0 Å². The Morgan fingerprint density at radius 1 is 1.42 bits per heavy atom. The summed E-state index contributed by atoms with van der Waals surface area (Å²) in [4.78, 5) is 11.0. The molecule has 0 amide bonds. The van der Waals surface area contributed by atoms with Gasteiger partial charge in [-0.15, -0.1) is 0 Å². The third-order valence-electron chi connectivity index (χ3n) is 1.87. The van der Waals surface area contributed by atoms with Crippen LogP contribution in [0.15, 0.2) is 18.5 Å². The van der Waals surface area contributed by atoms with E-state index in [1.165, 1.54) is 0 Å². The van der Waals surface area contributed by atoms with Crippen LogP contribution >= 0.6 is 0 Å². The molecule has 0 saturated heterocycles. The van der Waals surface area contributed by atoms with E-state index in [1.54, 1.807) is 6.92 Å². The van der Waals surface area contributed by atoms with Crippen LogP contribution in [0.3, 0.4) is 0 Å². The Hall–Kier alpha value is -0.833. The Balaban J connectivity index is 3.00. The van der Waals surface area contributed by atoms with Gasteiger partial charge in [-0.3, -0.25) is 4.79 Å². The molecule has 0 aliphatic carbocycles. The van der Waals surface area contributed by atoms with Crippen molar-refractivity contribution in [3.05, 3.63) is 24.0 Å². The number of rotatable bonds is 2. The maximum atomic E-state index is 11.0. The summed E-state index contributed by atoms with van der Waals surface area (Å²) in [5.41, 5.74) is 0.817. The lowest BCUT2D eigenvalue weighted by Crippen LogP contribution is -2.30. The molecule has 0 fully saturated rings. The van der Waals surface area contributed by atoms with Crippen molar-refractivity contribution in [3.63, 3.8) is 0 Å². The predicted octanol–water partition coefficient (Wildman–Crippen LogP) is 2.37. The SMILES string of the molecule is CC(=O)c1ccn([Si](C)(C)C)c1. The first-order chi connectivity index (χ1) is 5.41. The number of aromatic nitrogens is 1. The van der Waals surface area contributed by atoms with E-state index in [0.29, 0.717) is 0 Å². The fourth-order valence-electron chi connectivity index (χ4n) is 1.02. The van der Waals surface area contributed by atoms with E-state index in [2.05, 4.69) is 23.9 Å². The van der Waals surface area contributed by atoms with E-state index >= 15 is 0 Å². The van der Waals surface area contributed by atoms with Gasteiger partial charge in [-0.2, -0.15) is 0 Å². The molecule has 0 N–H and O–H groups in total. The minimum absolute atomic E-state index is 0.145. The second kappa shape index (κ2) is 2.90. The molecule has 0 radical (unpaired) electrons. The maximum Gasteiger partial charge on any atom is 0.161 e. The molecule has 1 rings (SSSR count). The number of ketones is 1. The topological polar surface area (TPSA) is 22.0 Å². The van der Waals surface area contributed by atoms with Crippen molar-refractivity contribution in [2.45, 2.75) is 26.6 Å². The molecule has 3 heteroatoms. The van der Waals surface area contributed by atoms with Crippen LogP contribution in [0.2, 0.25) is 19.6 Å². The lowest BCUT2D eigenvalue weighted by atomic mass is 10.2. The van der Waals surface area contributed by atoms with Gasteiger partial charge in [-0.1, -0.05) is 19.6 Å². The summed E-state index contributed by atoms with van der Waals surface area (Å²) >= 11 is 0. The molecule has 0 atom stereocenters. The van der Waals surface area contributed by atoms with E-state index in [1.807, 2.05) is 18.5 Å². The Morgan fingerprint density at radius 3 is 2.25 bits per heavy atom. The van der Waals surface area contributed by atoms with Gasteiger partial charge in [-0.25, -0.2) is 0 Å². The fraction of sp³-hybridized carbons (Fsp3) is 0.444. The second-order valence-corrected chi connectivity index (χ2v) is 8.89. The second-order valence-electron chi connectivity index (χ2n) is 4.03. The summed E-state index contributed by atoms with van der Waals surface area (Å²) in [5.74, 6) is 0.145. The molecular weight excluding hydrogens is 166 g/mol. The Labute approximate surface area is 74.3 Å². The van der Waals surface area contributed by atoms with Crippen LogP contribution in [0.1, 0.15) is 17.3 Å². The van der Waals surface area contributed by atoms with Crippen molar-refractivity contribution < 1.29 is 4.79 Å². The molecule has 0 saturated carbocycles. The maximum absolute atomic E-state index is 11.0. The number of hydrogen-bond acceptors (Lipinski definition) is 1. The van der Waals surface area contributed by atoms with E-state index in [4.69, 9.17) is 0 Å². The molecule has 2 nitrogen and oxygen atoms in total. The predicted molar refractivity (Wildman–Crippen MR) is 53.2 cm³/mol. The Bertz CT molecular complexity index is 296. The smallest absolute Gasteiger partial charge is 0.161 e. The van der Waals surface area contributed by atoms with Gasteiger partial charge in [0.15, 0.2) is 14.0 Å². The normalized spacial score (nSPS) is 11.7. The van der Waals surface area contributed by atoms with Gasteiger partial charge < -0.3 is 4.23 Å². The lowest BCUT2D eigenvalue weighted by Gasteiger charge is -2.17. The first kappa shape index (κ1) is 9.26. The van der Waals surface area contributed by atoms with Crippen molar-refractivity contribution in [3.8, 4) is 0 Å². The monoisotopic (exact) mass is 181 g/mol. The summed E-state index contributed by atoms with van der Waals surface area (Å²) in [6.45, 7) is 8.34.